The van der Waals surface area contributed by atoms with Gasteiger partial charge in [-0.15, -0.1) is 0 Å². The molecule has 6 rings (SSSR count). The molecule has 1 saturated heterocycles. The lowest BCUT2D eigenvalue weighted by molar-refractivity contribution is 0.183. The molecule has 1 fully saturated rings. The lowest BCUT2D eigenvalue weighted by atomic mass is 9.72. The zero-order chi connectivity index (χ0) is 24.5. The van der Waals surface area contributed by atoms with E-state index < -0.39 is 0 Å². The van der Waals surface area contributed by atoms with E-state index in [2.05, 4.69) is 71.6 Å². The molecule has 0 radical (unpaired) electrons. The second-order valence-electron chi connectivity index (χ2n) is 10.4. The van der Waals surface area contributed by atoms with Crippen LogP contribution in [0.15, 0.2) is 60.7 Å². The molecule has 2 aliphatic carbocycles. The first kappa shape index (κ1) is 23.2. The minimum Gasteiger partial charge on any atom is -0.497 e. The predicted molar refractivity (Wildman–Crippen MR) is 145 cm³/mol. The van der Waals surface area contributed by atoms with Gasteiger partial charge in [0.2, 0.25) is 0 Å². The normalized spacial score (nSPS) is 20.7. The van der Waals surface area contributed by atoms with Crippen LogP contribution in [0.2, 0.25) is 0 Å². The zero-order valence-electron chi connectivity index (χ0n) is 21.4. The van der Waals surface area contributed by atoms with E-state index in [1.54, 1.807) is 14.2 Å². The molecule has 0 saturated carbocycles. The van der Waals surface area contributed by atoms with Crippen molar-refractivity contribution < 1.29 is 14.2 Å². The maximum Gasteiger partial charge on any atom is 0.119 e. The third-order valence-electron chi connectivity index (χ3n) is 8.28. The highest BCUT2D eigenvalue weighted by atomic mass is 16.5. The monoisotopic (exact) mass is 481 g/mol. The summed E-state index contributed by atoms with van der Waals surface area (Å²) in [5.74, 6) is 2.77. The van der Waals surface area contributed by atoms with E-state index >= 15 is 0 Å². The molecule has 1 spiro atoms. The molecule has 1 unspecified atom stereocenters. The van der Waals surface area contributed by atoms with Gasteiger partial charge in [-0.2, -0.15) is 0 Å². The minimum absolute atomic E-state index is 0.0784. The van der Waals surface area contributed by atoms with Crippen LogP contribution in [0.4, 0.5) is 0 Å². The Morgan fingerprint density at radius 3 is 2.25 bits per heavy atom. The van der Waals surface area contributed by atoms with Crippen molar-refractivity contribution in [2.45, 2.75) is 37.5 Å². The van der Waals surface area contributed by atoms with Gasteiger partial charge in [-0.1, -0.05) is 30.7 Å². The predicted octanol–water partition coefficient (Wildman–Crippen LogP) is 6.16. The third kappa shape index (κ3) is 4.18. The van der Waals surface area contributed by atoms with Crippen molar-refractivity contribution >= 4 is 11.6 Å². The molecule has 0 amide bonds. The summed E-state index contributed by atoms with van der Waals surface area (Å²) in [7, 11) is 3.45. The molecule has 186 valence electrons. The van der Waals surface area contributed by atoms with Gasteiger partial charge in [-0.05, 0) is 115 Å². The molecule has 4 nitrogen and oxygen atoms in total. The molecule has 4 heteroatoms. The number of ether oxygens (including phenoxy) is 3. The van der Waals surface area contributed by atoms with Gasteiger partial charge in [0.1, 0.15) is 23.9 Å². The van der Waals surface area contributed by atoms with Gasteiger partial charge in [-0.3, -0.25) is 4.90 Å². The van der Waals surface area contributed by atoms with Crippen molar-refractivity contribution in [3.8, 4) is 17.2 Å². The van der Waals surface area contributed by atoms with Crippen LogP contribution in [0.25, 0.3) is 11.6 Å². The average molecular weight is 482 g/mol. The molecular formula is C32H35NO3. The van der Waals surface area contributed by atoms with Crippen LogP contribution < -0.4 is 14.2 Å². The highest BCUT2D eigenvalue weighted by Gasteiger charge is 2.46. The van der Waals surface area contributed by atoms with Gasteiger partial charge in [0.25, 0.3) is 0 Å². The van der Waals surface area contributed by atoms with Crippen LogP contribution >= 0.6 is 0 Å². The van der Waals surface area contributed by atoms with Crippen LogP contribution in [0, 0.1) is 0 Å². The zero-order valence-corrected chi connectivity index (χ0v) is 21.4. The first-order valence-electron chi connectivity index (χ1n) is 13.2. The van der Waals surface area contributed by atoms with Crippen LogP contribution in [0.5, 0.6) is 17.2 Å². The summed E-state index contributed by atoms with van der Waals surface area (Å²) >= 11 is 0. The second kappa shape index (κ2) is 9.67. The maximum absolute atomic E-state index is 6.24. The number of hydrogen-bond acceptors (Lipinski definition) is 4. The quantitative estimate of drug-likeness (QED) is 0.404. The van der Waals surface area contributed by atoms with Crippen LogP contribution in [-0.4, -0.2) is 45.4 Å². The lowest BCUT2D eigenvalue weighted by Crippen LogP contribution is -2.33. The summed E-state index contributed by atoms with van der Waals surface area (Å²) in [5.41, 5.74) is 8.00. The van der Waals surface area contributed by atoms with Gasteiger partial charge >= 0.3 is 0 Å². The fraction of sp³-hybridized carbons (Fsp3) is 0.375. The van der Waals surface area contributed by atoms with E-state index in [0.29, 0.717) is 0 Å². The first-order valence-corrected chi connectivity index (χ1v) is 13.2. The molecular weight excluding hydrogens is 446 g/mol. The molecule has 3 aromatic rings. The van der Waals surface area contributed by atoms with Crippen molar-refractivity contribution in [3.05, 3.63) is 88.5 Å². The van der Waals surface area contributed by atoms with Gasteiger partial charge in [-0.25, -0.2) is 0 Å². The Kier molecular flexibility index (Phi) is 6.22. The van der Waals surface area contributed by atoms with E-state index in [1.807, 2.05) is 0 Å². The number of nitrogens with zero attached hydrogens (tertiary/aromatic N) is 1. The number of methoxy groups -OCH3 is 2. The fourth-order valence-corrected chi connectivity index (χ4v) is 6.39. The molecule has 0 N–H and O–H groups in total. The van der Waals surface area contributed by atoms with E-state index in [-0.39, 0.29) is 5.41 Å². The van der Waals surface area contributed by atoms with Crippen molar-refractivity contribution in [1.29, 1.82) is 0 Å². The van der Waals surface area contributed by atoms with Gasteiger partial charge in [0.15, 0.2) is 0 Å². The Bertz CT molecular complexity index is 1270. The average Bonchev–Trinajstić information content (AvgIpc) is 3.46. The van der Waals surface area contributed by atoms with Crippen molar-refractivity contribution in [3.63, 3.8) is 0 Å². The number of piperidine rings is 1. The summed E-state index contributed by atoms with van der Waals surface area (Å²) in [6, 6.07) is 21.8. The standard InChI is InChI=1S/C32H35NO3/c1-34-27-9-6-23(7-10-27)31-20-25-18-28(35-2)12-13-30(25)32(31)21-24-8-11-29(19-26(24)22-32)36-17-16-33-14-4-3-5-15-33/h6-13,18-20H,3-5,14-17,21-22H2,1-2H3. The highest BCUT2D eigenvalue weighted by molar-refractivity contribution is 5.96. The number of allylic oxidation sites excluding steroid dienone is 1. The number of rotatable bonds is 7. The molecule has 1 aliphatic heterocycles. The molecule has 0 bridgehead atoms. The van der Waals surface area contributed by atoms with E-state index in [4.69, 9.17) is 14.2 Å². The Morgan fingerprint density at radius 2 is 1.47 bits per heavy atom. The SMILES string of the molecule is COc1ccc(C2=Cc3cc(OC)ccc3C23Cc2ccc(OCCN4CCCCC4)cc2C3)cc1. The van der Waals surface area contributed by atoms with Crippen molar-refractivity contribution in [2.24, 2.45) is 0 Å². The van der Waals surface area contributed by atoms with Crippen LogP contribution in [0.1, 0.15) is 47.1 Å². The van der Waals surface area contributed by atoms with E-state index in [1.165, 1.54) is 65.7 Å². The molecule has 0 aromatic heterocycles. The van der Waals surface area contributed by atoms with E-state index in [0.717, 1.165) is 43.2 Å². The van der Waals surface area contributed by atoms with Crippen LogP contribution in [0.3, 0.4) is 0 Å². The Balaban J connectivity index is 1.28. The summed E-state index contributed by atoms with van der Waals surface area (Å²) in [6.07, 6.45) is 8.33. The van der Waals surface area contributed by atoms with Gasteiger partial charge in [0.05, 0.1) is 14.2 Å². The van der Waals surface area contributed by atoms with Crippen LogP contribution in [-0.2, 0) is 18.3 Å². The molecule has 36 heavy (non-hydrogen) atoms. The Labute approximate surface area is 214 Å². The Hall–Kier alpha value is -3.24. The summed E-state index contributed by atoms with van der Waals surface area (Å²) in [6.45, 7) is 4.19. The number of hydrogen-bond donors (Lipinski definition) is 0. The maximum atomic E-state index is 6.24. The molecule has 3 aliphatic rings. The lowest BCUT2D eigenvalue weighted by Gasteiger charge is -2.30. The van der Waals surface area contributed by atoms with Gasteiger partial charge in [0, 0.05) is 12.0 Å². The number of benzene rings is 3. The Morgan fingerprint density at radius 1 is 0.750 bits per heavy atom. The fourth-order valence-electron chi connectivity index (χ4n) is 6.39. The highest BCUT2D eigenvalue weighted by Crippen LogP contribution is 2.55. The summed E-state index contributed by atoms with van der Waals surface area (Å²) in [4.78, 5) is 2.53. The topological polar surface area (TPSA) is 30.9 Å². The third-order valence-corrected chi connectivity index (χ3v) is 8.28. The molecule has 1 atom stereocenters. The largest absolute Gasteiger partial charge is 0.497 e. The summed E-state index contributed by atoms with van der Waals surface area (Å²) < 4.78 is 17.2. The smallest absolute Gasteiger partial charge is 0.119 e. The second-order valence-corrected chi connectivity index (χ2v) is 10.4. The molecule has 3 aromatic carbocycles. The summed E-state index contributed by atoms with van der Waals surface area (Å²) in [5, 5.41) is 0. The van der Waals surface area contributed by atoms with Gasteiger partial charge < -0.3 is 14.2 Å². The van der Waals surface area contributed by atoms with Crippen molar-refractivity contribution in [2.75, 3.05) is 40.5 Å². The number of fused-ring (bicyclic) bond motifs is 3. The van der Waals surface area contributed by atoms with E-state index in [9.17, 15) is 0 Å². The van der Waals surface area contributed by atoms with Crippen molar-refractivity contribution in [1.82, 2.24) is 4.90 Å². The number of likely N-dealkylation sites (tertiary alicyclic amines) is 1. The minimum atomic E-state index is -0.0784. The first-order chi connectivity index (χ1) is 17.7. The molecule has 1 heterocycles.